The third kappa shape index (κ3) is 5.64. The van der Waals surface area contributed by atoms with Crippen molar-refractivity contribution in [2.75, 3.05) is 52.4 Å². The van der Waals surface area contributed by atoms with Crippen molar-refractivity contribution in [2.24, 2.45) is 0 Å². The third-order valence-electron chi connectivity index (χ3n) is 6.20. The number of carbonyl (C=O) groups excluding carboxylic acids is 2. The molecule has 2 aliphatic heterocycles. The monoisotopic (exact) mass is 450 g/mol. The van der Waals surface area contributed by atoms with E-state index in [9.17, 15) is 18.0 Å². The van der Waals surface area contributed by atoms with Crippen molar-refractivity contribution in [2.45, 2.75) is 44.9 Å². The number of sulfonamides is 1. The summed E-state index contributed by atoms with van der Waals surface area (Å²) < 4.78 is 28.5. The SMILES string of the molecule is Cc1cc(C)c(S(=O)(=O)N(CCCN2CCCC2=O)CC(=O)N2CCNCC2)cc1C. The quantitative estimate of drug-likeness (QED) is 0.639. The van der Waals surface area contributed by atoms with Crippen LogP contribution in [0.3, 0.4) is 0 Å². The first-order valence-electron chi connectivity index (χ1n) is 11.0. The van der Waals surface area contributed by atoms with Crippen LogP contribution in [0.1, 0.15) is 36.0 Å². The van der Waals surface area contributed by atoms with Gasteiger partial charge in [-0.15, -0.1) is 0 Å². The molecule has 0 spiro atoms. The van der Waals surface area contributed by atoms with Gasteiger partial charge in [0.15, 0.2) is 0 Å². The normalized spacial score (nSPS) is 17.6. The molecule has 172 valence electrons. The standard InChI is InChI=1S/C22H34N4O4S/c1-17-14-19(3)20(15-18(17)2)31(29,30)26(11-5-10-24-9-4-6-21(24)27)16-22(28)25-12-7-23-8-13-25/h14-15,23H,4-13,16H2,1-3H3. The van der Waals surface area contributed by atoms with Crippen LogP contribution in [0.25, 0.3) is 0 Å². The lowest BCUT2D eigenvalue weighted by atomic mass is 10.1. The Morgan fingerprint density at radius 3 is 2.39 bits per heavy atom. The van der Waals surface area contributed by atoms with Gasteiger partial charge in [0.1, 0.15) is 0 Å². The van der Waals surface area contributed by atoms with E-state index < -0.39 is 10.0 Å². The lowest BCUT2D eigenvalue weighted by Gasteiger charge is -2.30. The van der Waals surface area contributed by atoms with Crippen LogP contribution in [0.15, 0.2) is 17.0 Å². The number of rotatable bonds is 8. The van der Waals surface area contributed by atoms with Crippen LogP contribution >= 0.6 is 0 Å². The Hall–Kier alpha value is -1.97. The maximum Gasteiger partial charge on any atom is 0.243 e. The number of piperazine rings is 1. The average Bonchev–Trinajstić information content (AvgIpc) is 3.15. The summed E-state index contributed by atoms with van der Waals surface area (Å²) >= 11 is 0. The van der Waals surface area contributed by atoms with Crippen LogP contribution in [-0.4, -0.2) is 86.7 Å². The minimum atomic E-state index is -3.85. The van der Waals surface area contributed by atoms with E-state index in [1.165, 1.54) is 4.31 Å². The van der Waals surface area contributed by atoms with Crippen LogP contribution in [0.2, 0.25) is 0 Å². The largest absolute Gasteiger partial charge is 0.343 e. The fraction of sp³-hybridized carbons (Fsp3) is 0.636. The summed E-state index contributed by atoms with van der Waals surface area (Å²) in [6.07, 6.45) is 1.92. The molecule has 0 bridgehead atoms. The van der Waals surface area contributed by atoms with Gasteiger partial charge in [0.2, 0.25) is 21.8 Å². The molecule has 3 rings (SSSR count). The molecule has 1 aromatic rings. The van der Waals surface area contributed by atoms with Gasteiger partial charge in [-0.25, -0.2) is 8.42 Å². The number of amides is 2. The van der Waals surface area contributed by atoms with Crippen LogP contribution in [0.5, 0.6) is 0 Å². The molecule has 1 N–H and O–H groups in total. The van der Waals surface area contributed by atoms with Gasteiger partial charge in [0.25, 0.3) is 0 Å². The summed E-state index contributed by atoms with van der Waals surface area (Å²) in [5, 5.41) is 3.20. The maximum atomic E-state index is 13.6. The molecular formula is C22H34N4O4S. The zero-order valence-corrected chi connectivity index (χ0v) is 19.6. The molecule has 2 fully saturated rings. The molecule has 8 nitrogen and oxygen atoms in total. The fourth-order valence-corrected chi connectivity index (χ4v) is 5.90. The van der Waals surface area contributed by atoms with Gasteiger partial charge in [-0.3, -0.25) is 9.59 Å². The molecule has 2 heterocycles. The van der Waals surface area contributed by atoms with E-state index in [0.29, 0.717) is 51.1 Å². The van der Waals surface area contributed by atoms with Crippen molar-refractivity contribution >= 4 is 21.8 Å². The number of carbonyl (C=O) groups is 2. The van der Waals surface area contributed by atoms with Crippen LogP contribution in [0, 0.1) is 20.8 Å². The predicted molar refractivity (Wildman–Crippen MR) is 119 cm³/mol. The summed E-state index contributed by atoms with van der Waals surface area (Å²) in [5.74, 6) is -0.0554. The number of nitrogens with one attached hydrogen (secondary N) is 1. The Labute approximate surface area is 185 Å². The summed E-state index contributed by atoms with van der Waals surface area (Å²) in [7, 11) is -3.85. The molecule has 2 saturated heterocycles. The number of benzene rings is 1. The maximum absolute atomic E-state index is 13.6. The first-order valence-corrected chi connectivity index (χ1v) is 12.5. The van der Waals surface area contributed by atoms with E-state index in [1.54, 1.807) is 22.8 Å². The van der Waals surface area contributed by atoms with Gasteiger partial charge < -0.3 is 15.1 Å². The first kappa shape index (κ1) is 23.7. The van der Waals surface area contributed by atoms with E-state index in [4.69, 9.17) is 0 Å². The van der Waals surface area contributed by atoms with E-state index in [0.717, 1.165) is 24.1 Å². The number of likely N-dealkylation sites (tertiary alicyclic amines) is 1. The first-order chi connectivity index (χ1) is 14.7. The Kier molecular flexibility index (Phi) is 7.72. The van der Waals surface area contributed by atoms with Crippen molar-refractivity contribution in [3.8, 4) is 0 Å². The zero-order chi connectivity index (χ0) is 22.6. The fourth-order valence-electron chi connectivity index (χ4n) is 4.18. The highest BCUT2D eigenvalue weighted by molar-refractivity contribution is 7.89. The third-order valence-corrected chi connectivity index (χ3v) is 8.18. The predicted octanol–water partition coefficient (Wildman–Crippen LogP) is 1.05. The molecule has 0 unspecified atom stereocenters. The number of nitrogens with zero attached hydrogens (tertiary/aromatic N) is 3. The molecule has 2 aliphatic rings. The highest BCUT2D eigenvalue weighted by Gasteiger charge is 2.30. The highest BCUT2D eigenvalue weighted by atomic mass is 32.2. The Morgan fingerprint density at radius 2 is 1.74 bits per heavy atom. The van der Waals surface area contributed by atoms with Gasteiger partial charge >= 0.3 is 0 Å². The second-order valence-corrected chi connectivity index (χ2v) is 10.4. The van der Waals surface area contributed by atoms with E-state index in [2.05, 4.69) is 5.32 Å². The molecular weight excluding hydrogens is 416 g/mol. The second-order valence-electron chi connectivity index (χ2n) is 8.51. The Balaban J connectivity index is 1.80. The minimum Gasteiger partial charge on any atom is -0.343 e. The number of aryl methyl sites for hydroxylation is 3. The van der Waals surface area contributed by atoms with Crippen molar-refractivity contribution in [3.05, 3.63) is 28.8 Å². The molecule has 31 heavy (non-hydrogen) atoms. The lowest BCUT2D eigenvalue weighted by Crippen LogP contribution is -2.50. The van der Waals surface area contributed by atoms with Crippen molar-refractivity contribution < 1.29 is 18.0 Å². The average molecular weight is 451 g/mol. The van der Waals surface area contributed by atoms with Crippen LogP contribution < -0.4 is 5.32 Å². The van der Waals surface area contributed by atoms with Crippen molar-refractivity contribution in [1.29, 1.82) is 0 Å². The molecule has 0 aromatic heterocycles. The lowest BCUT2D eigenvalue weighted by molar-refractivity contribution is -0.132. The van der Waals surface area contributed by atoms with Gasteiger partial charge in [0.05, 0.1) is 11.4 Å². The van der Waals surface area contributed by atoms with E-state index >= 15 is 0 Å². The molecule has 0 aliphatic carbocycles. The smallest absolute Gasteiger partial charge is 0.243 e. The second kappa shape index (κ2) is 10.1. The molecule has 0 radical (unpaired) electrons. The van der Waals surface area contributed by atoms with Crippen molar-refractivity contribution in [1.82, 2.24) is 19.4 Å². The van der Waals surface area contributed by atoms with E-state index in [-0.39, 0.29) is 29.8 Å². The summed E-state index contributed by atoms with van der Waals surface area (Å²) in [4.78, 5) is 28.5. The molecule has 1 aromatic carbocycles. The van der Waals surface area contributed by atoms with Crippen LogP contribution in [0.4, 0.5) is 0 Å². The minimum absolute atomic E-state index is 0.122. The number of hydrogen-bond acceptors (Lipinski definition) is 5. The summed E-state index contributed by atoms with van der Waals surface area (Å²) in [6, 6.07) is 3.58. The van der Waals surface area contributed by atoms with E-state index in [1.807, 2.05) is 19.9 Å². The zero-order valence-electron chi connectivity index (χ0n) is 18.8. The molecule has 2 amide bonds. The van der Waals surface area contributed by atoms with Crippen LogP contribution in [-0.2, 0) is 19.6 Å². The molecule has 0 saturated carbocycles. The topological polar surface area (TPSA) is 90.0 Å². The van der Waals surface area contributed by atoms with Gasteiger partial charge in [-0.2, -0.15) is 4.31 Å². The van der Waals surface area contributed by atoms with Crippen molar-refractivity contribution in [3.63, 3.8) is 0 Å². The van der Waals surface area contributed by atoms with Gasteiger partial charge in [-0.1, -0.05) is 6.07 Å². The van der Waals surface area contributed by atoms with Gasteiger partial charge in [0, 0.05) is 52.2 Å². The molecule has 0 atom stereocenters. The Morgan fingerprint density at radius 1 is 1.06 bits per heavy atom. The summed E-state index contributed by atoms with van der Waals surface area (Å²) in [5.41, 5.74) is 2.62. The number of hydrogen-bond donors (Lipinski definition) is 1. The van der Waals surface area contributed by atoms with Gasteiger partial charge in [-0.05, 0) is 56.4 Å². The Bertz CT molecular complexity index is 926. The highest BCUT2D eigenvalue weighted by Crippen LogP contribution is 2.24. The summed E-state index contributed by atoms with van der Waals surface area (Å²) in [6.45, 7) is 9.49. The molecule has 9 heteroatoms.